The van der Waals surface area contributed by atoms with Crippen LogP contribution in [0.15, 0.2) is 12.3 Å². The van der Waals surface area contributed by atoms with Crippen molar-refractivity contribution in [2.45, 2.75) is 45.8 Å². The fourth-order valence-electron chi connectivity index (χ4n) is 2.10. The highest BCUT2D eigenvalue weighted by molar-refractivity contribution is 6.31. The fraction of sp³-hybridized carbons (Fsp3) is 0.643. The third-order valence-electron chi connectivity index (χ3n) is 2.93. The minimum Gasteiger partial charge on any atom is -0.314 e. The van der Waals surface area contributed by atoms with E-state index in [-0.39, 0.29) is 11.1 Å². The first kappa shape index (κ1) is 17.2. The van der Waals surface area contributed by atoms with Gasteiger partial charge in [-0.05, 0) is 24.9 Å². The average molecular weight is 309 g/mol. The molecule has 2 nitrogen and oxygen atoms in total. The largest absolute Gasteiger partial charge is 0.417 e. The van der Waals surface area contributed by atoms with Crippen LogP contribution in [0, 0.1) is 5.92 Å². The van der Waals surface area contributed by atoms with E-state index in [0.29, 0.717) is 18.0 Å². The quantitative estimate of drug-likeness (QED) is 0.846. The monoisotopic (exact) mass is 308 g/mol. The number of nitrogens with zero attached hydrogens (tertiary/aromatic N) is 1. The van der Waals surface area contributed by atoms with Crippen LogP contribution >= 0.6 is 11.6 Å². The molecule has 0 aromatic carbocycles. The summed E-state index contributed by atoms with van der Waals surface area (Å²) in [7, 11) is 0. The summed E-state index contributed by atoms with van der Waals surface area (Å²) in [5, 5.41) is 3.39. The molecule has 0 saturated heterocycles. The van der Waals surface area contributed by atoms with Gasteiger partial charge < -0.3 is 5.32 Å². The Balaban J connectivity index is 2.85. The molecule has 0 fully saturated rings. The Bertz CT molecular complexity index is 433. The van der Waals surface area contributed by atoms with Crippen molar-refractivity contribution >= 4 is 11.6 Å². The maximum absolute atomic E-state index is 12.5. The number of pyridine rings is 1. The second-order valence-corrected chi connectivity index (χ2v) is 5.65. The summed E-state index contributed by atoms with van der Waals surface area (Å²) in [5.74, 6) is 0.493. The van der Waals surface area contributed by atoms with Crippen molar-refractivity contribution in [3.63, 3.8) is 0 Å². The van der Waals surface area contributed by atoms with E-state index in [1.165, 1.54) is 0 Å². The van der Waals surface area contributed by atoms with Crippen molar-refractivity contribution in [2.75, 3.05) is 6.54 Å². The van der Waals surface area contributed by atoms with Gasteiger partial charge in [0, 0.05) is 18.7 Å². The molecule has 1 heterocycles. The zero-order valence-electron chi connectivity index (χ0n) is 11.9. The Morgan fingerprint density at radius 1 is 1.35 bits per heavy atom. The molecule has 1 unspecified atom stereocenters. The van der Waals surface area contributed by atoms with E-state index < -0.39 is 11.7 Å². The molecule has 6 heteroatoms. The number of hydrogen-bond donors (Lipinski definition) is 1. The first-order chi connectivity index (χ1) is 9.24. The summed E-state index contributed by atoms with van der Waals surface area (Å²) >= 11 is 5.93. The van der Waals surface area contributed by atoms with Crippen molar-refractivity contribution in [3.8, 4) is 0 Å². The van der Waals surface area contributed by atoms with E-state index in [0.717, 1.165) is 25.2 Å². The van der Waals surface area contributed by atoms with Crippen LogP contribution < -0.4 is 5.32 Å². The second kappa shape index (κ2) is 7.27. The lowest BCUT2D eigenvalue weighted by Gasteiger charge is -2.20. The van der Waals surface area contributed by atoms with Gasteiger partial charge in [0.1, 0.15) is 0 Å². The van der Waals surface area contributed by atoms with Crippen molar-refractivity contribution in [3.05, 3.63) is 28.5 Å². The van der Waals surface area contributed by atoms with E-state index in [1.807, 2.05) is 6.92 Å². The third kappa shape index (κ3) is 5.29. The molecule has 0 radical (unpaired) electrons. The molecule has 1 aromatic heterocycles. The third-order valence-corrected chi connectivity index (χ3v) is 3.26. The predicted octanol–water partition coefficient (Wildman–Crippen LogP) is 4.32. The van der Waals surface area contributed by atoms with Crippen LogP contribution in [-0.4, -0.2) is 17.6 Å². The first-order valence-corrected chi connectivity index (χ1v) is 7.06. The minimum absolute atomic E-state index is 0.0754. The van der Waals surface area contributed by atoms with Gasteiger partial charge in [-0.15, -0.1) is 0 Å². The second-order valence-electron chi connectivity index (χ2n) is 5.24. The number of halogens is 4. The van der Waals surface area contributed by atoms with Crippen LogP contribution in [0.5, 0.6) is 0 Å². The van der Waals surface area contributed by atoms with E-state index >= 15 is 0 Å². The number of hydrogen-bond acceptors (Lipinski definition) is 2. The summed E-state index contributed by atoms with van der Waals surface area (Å²) < 4.78 is 37.6. The lowest BCUT2D eigenvalue weighted by atomic mass is 9.99. The molecule has 1 rings (SSSR count). The highest BCUT2D eigenvalue weighted by Crippen LogP contribution is 2.31. The molecule has 1 atom stereocenters. The molecule has 0 aliphatic rings. The average Bonchev–Trinajstić information content (AvgIpc) is 2.29. The van der Waals surface area contributed by atoms with Crippen molar-refractivity contribution in [1.82, 2.24) is 10.3 Å². The summed E-state index contributed by atoms with van der Waals surface area (Å²) in [4.78, 5) is 3.88. The molecule has 20 heavy (non-hydrogen) atoms. The Hall–Kier alpha value is -0.810. The van der Waals surface area contributed by atoms with Gasteiger partial charge in [-0.3, -0.25) is 4.98 Å². The highest BCUT2D eigenvalue weighted by Gasteiger charge is 2.31. The molecule has 0 spiro atoms. The van der Waals surface area contributed by atoms with Gasteiger partial charge >= 0.3 is 6.18 Å². The molecule has 1 N–H and O–H groups in total. The summed E-state index contributed by atoms with van der Waals surface area (Å²) in [6.07, 6.45) is -2.11. The Morgan fingerprint density at radius 3 is 2.45 bits per heavy atom. The van der Waals surface area contributed by atoms with Gasteiger partial charge in [0.25, 0.3) is 0 Å². The molecule has 1 aromatic rings. The number of nitrogens with one attached hydrogen (secondary N) is 1. The fourth-order valence-corrected chi connectivity index (χ4v) is 2.34. The number of rotatable bonds is 6. The Kier molecular flexibility index (Phi) is 6.27. The predicted molar refractivity (Wildman–Crippen MR) is 74.9 cm³/mol. The Morgan fingerprint density at radius 2 is 2.00 bits per heavy atom. The molecule has 0 saturated carbocycles. The molecule has 0 aliphatic carbocycles. The lowest BCUT2D eigenvalue weighted by molar-refractivity contribution is -0.137. The van der Waals surface area contributed by atoms with Gasteiger partial charge in [-0.2, -0.15) is 13.2 Å². The van der Waals surface area contributed by atoms with Crippen molar-refractivity contribution in [1.29, 1.82) is 0 Å². The number of alkyl halides is 3. The van der Waals surface area contributed by atoms with E-state index in [9.17, 15) is 13.2 Å². The summed E-state index contributed by atoms with van der Waals surface area (Å²) in [6, 6.07) is 1.11. The molecular weight excluding hydrogens is 289 g/mol. The molecule has 114 valence electrons. The van der Waals surface area contributed by atoms with Gasteiger partial charge in [0.15, 0.2) is 0 Å². The maximum Gasteiger partial charge on any atom is 0.417 e. The van der Waals surface area contributed by atoms with Gasteiger partial charge in [0.05, 0.1) is 16.3 Å². The molecule has 0 aliphatic heterocycles. The standard InChI is InChI=1S/C14H20ClF3N2/c1-4-19-11(5-9(2)3)7-13-12(15)6-10(8-20-13)14(16,17)18/h6,8-9,11,19H,4-5,7H2,1-3H3. The van der Waals surface area contributed by atoms with Crippen LogP contribution in [0.1, 0.15) is 38.4 Å². The van der Waals surface area contributed by atoms with Gasteiger partial charge in [-0.25, -0.2) is 0 Å². The Labute approximate surface area is 122 Å². The van der Waals surface area contributed by atoms with Crippen LogP contribution in [0.2, 0.25) is 5.02 Å². The first-order valence-electron chi connectivity index (χ1n) is 6.69. The maximum atomic E-state index is 12.5. The van der Waals surface area contributed by atoms with Crippen LogP contribution in [0.4, 0.5) is 13.2 Å². The van der Waals surface area contributed by atoms with Crippen LogP contribution in [-0.2, 0) is 12.6 Å². The zero-order valence-corrected chi connectivity index (χ0v) is 12.6. The molecule has 0 amide bonds. The molecule has 0 bridgehead atoms. The summed E-state index contributed by atoms with van der Waals surface area (Å²) in [5.41, 5.74) is -0.304. The number of likely N-dealkylation sites (N-methyl/N-ethyl adjacent to an activating group) is 1. The lowest BCUT2D eigenvalue weighted by Crippen LogP contribution is -2.32. The van der Waals surface area contributed by atoms with Crippen LogP contribution in [0.25, 0.3) is 0 Å². The minimum atomic E-state index is -4.41. The van der Waals surface area contributed by atoms with Crippen molar-refractivity contribution in [2.24, 2.45) is 5.92 Å². The van der Waals surface area contributed by atoms with E-state index in [4.69, 9.17) is 11.6 Å². The van der Waals surface area contributed by atoms with E-state index in [2.05, 4.69) is 24.1 Å². The zero-order chi connectivity index (χ0) is 15.3. The van der Waals surface area contributed by atoms with Gasteiger partial charge in [-0.1, -0.05) is 32.4 Å². The smallest absolute Gasteiger partial charge is 0.314 e. The topological polar surface area (TPSA) is 24.9 Å². The normalized spacial score (nSPS) is 13.8. The number of aromatic nitrogens is 1. The van der Waals surface area contributed by atoms with E-state index in [1.54, 1.807) is 0 Å². The highest BCUT2D eigenvalue weighted by atomic mass is 35.5. The van der Waals surface area contributed by atoms with Crippen LogP contribution in [0.3, 0.4) is 0 Å². The van der Waals surface area contributed by atoms with Crippen molar-refractivity contribution < 1.29 is 13.2 Å². The van der Waals surface area contributed by atoms with Gasteiger partial charge in [0.2, 0.25) is 0 Å². The molecular formula is C14H20ClF3N2. The SMILES string of the molecule is CCNC(Cc1ncc(C(F)(F)F)cc1Cl)CC(C)C. The summed E-state index contributed by atoms with van der Waals surface area (Å²) in [6.45, 7) is 7.00.